The Labute approximate surface area is 120 Å². The van der Waals surface area contributed by atoms with Gasteiger partial charge >= 0.3 is 6.03 Å². The number of amides is 2. The van der Waals surface area contributed by atoms with Crippen molar-refractivity contribution in [3.8, 4) is 5.75 Å². The van der Waals surface area contributed by atoms with Crippen molar-refractivity contribution in [1.29, 1.82) is 0 Å². The first-order valence-corrected chi connectivity index (χ1v) is 6.96. The van der Waals surface area contributed by atoms with Gasteiger partial charge in [-0.25, -0.2) is 4.79 Å². The summed E-state index contributed by atoms with van der Waals surface area (Å²) < 4.78 is 5.72. The molecule has 2 amide bonds. The van der Waals surface area contributed by atoms with Gasteiger partial charge in [0.05, 0.1) is 6.61 Å². The van der Waals surface area contributed by atoms with Crippen LogP contribution in [0.3, 0.4) is 0 Å². The fourth-order valence-electron chi connectivity index (χ4n) is 1.57. The monoisotopic (exact) mass is 280 g/mol. The van der Waals surface area contributed by atoms with Gasteiger partial charge < -0.3 is 20.5 Å². The summed E-state index contributed by atoms with van der Waals surface area (Å²) in [6, 6.07) is 7.44. The lowest BCUT2D eigenvalue weighted by Gasteiger charge is -2.14. The maximum absolute atomic E-state index is 11.5. The second-order valence-corrected chi connectivity index (χ2v) is 5.00. The minimum atomic E-state index is -0.239. The molecular weight excluding hydrogens is 256 g/mol. The zero-order chi connectivity index (χ0) is 14.8. The lowest BCUT2D eigenvalue weighted by molar-refractivity contribution is 0.237. The first kappa shape index (κ1) is 16.3. The molecule has 20 heavy (non-hydrogen) atoms. The van der Waals surface area contributed by atoms with Gasteiger partial charge in [-0.15, -0.1) is 0 Å². The number of aliphatic hydroxyl groups excluding tert-OH is 1. The van der Waals surface area contributed by atoms with E-state index < -0.39 is 0 Å². The van der Waals surface area contributed by atoms with Gasteiger partial charge in [0.25, 0.3) is 0 Å². The predicted molar refractivity (Wildman–Crippen MR) is 78.7 cm³/mol. The highest BCUT2D eigenvalue weighted by atomic mass is 16.5. The van der Waals surface area contributed by atoms with Gasteiger partial charge in [-0.1, -0.05) is 32.0 Å². The Morgan fingerprint density at radius 3 is 2.75 bits per heavy atom. The van der Waals surface area contributed by atoms with E-state index >= 15 is 0 Å². The van der Waals surface area contributed by atoms with Crippen molar-refractivity contribution < 1.29 is 14.6 Å². The third kappa shape index (κ3) is 6.43. The minimum Gasteiger partial charge on any atom is -0.493 e. The molecule has 0 aromatic heterocycles. The number of ether oxygens (including phenoxy) is 1. The number of hydrogen-bond acceptors (Lipinski definition) is 3. The van der Waals surface area contributed by atoms with Gasteiger partial charge in [0.2, 0.25) is 0 Å². The van der Waals surface area contributed by atoms with E-state index in [4.69, 9.17) is 9.84 Å². The van der Waals surface area contributed by atoms with Crippen molar-refractivity contribution in [2.45, 2.75) is 26.8 Å². The van der Waals surface area contributed by atoms with E-state index in [1.807, 2.05) is 24.3 Å². The largest absolute Gasteiger partial charge is 0.493 e. The van der Waals surface area contributed by atoms with Crippen molar-refractivity contribution in [3.63, 3.8) is 0 Å². The lowest BCUT2D eigenvalue weighted by Crippen LogP contribution is -2.35. The maximum Gasteiger partial charge on any atom is 0.315 e. The first-order chi connectivity index (χ1) is 9.63. The van der Waals surface area contributed by atoms with Crippen LogP contribution in [0.15, 0.2) is 24.3 Å². The average Bonchev–Trinajstić information content (AvgIpc) is 2.44. The SMILES string of the molecule is CC(C)COc1ccccc1CNC(=O)NCCCO. The molecule has 1 aromatic carbocycles. The molecule has 0 unspecified atom stereocenters. The number of carbonyl (C=O) groups excluding carboxylic acids is 1. The molecule has 0 saturated carbocycles. The van der Waals surface area contributed by atoms with Crippen LogP contribution in [-0.4, -0.2) is 30.9 Å². The van der Waals surface area contributed by atoms with Crippen molar-refractivity contribution in [3.05, 3.63) is 29.8 Å². The van der Waals surface area contributed by atoms with Gasteiger partial charge in [0.15, 0.2) is 0 Å². The second kappa shape index (κ2) is 9.20. The van der Waals surface area contributed by atoms with Crippen molar-refractivity contribution in [2.75, 3.05) is 19.8 Å². The Morgan fingerprint density at radius 2 is 2.05 bits per heavy atom. The standard InChI is InChI=1S/C15H24N2O3/c1-12(2)11-20-14-7-4-3-6-13(14)10-17-15(19)16-8-5-9-18/h3-4,6-7,12,18H,5,8-11H2,1-2H3,(H2,16,17,19). The highest BCUT2D eigenvalue weighted by Crippen LogP contribution is 2.18. The highest BCUT2D eigenvalue weighted by Gasteiger charge is 2.06. The normalized spacial score (nSPS) is 10.4. The zero-order valence-corrected chi connectivity index (χ0v) is 12.2. The summed E-state index contributed by atoms with van der Waals surface area (Å²) in [5, 5.41) is 14.1. The Morgan fingerprint density at radius 1 is 1.30 bits per heavy atom. The van der Waals surface area contributed by atoms with E-state index in [9.17, 15) is 4.79 Å². The number of carbonyl (C=O) groups is 1. The average molecular weight is 280 g/mol. The van der Waals surface area contributed by atoms with Crippen LogP contribution >= 0.6 is 0 Å². The van der Waals surface area contributed by atoms with Gasteiger partial charge in [0, 0.05) is 25.3 Å². The summed E-state index contributed by atoms with van der Waals surface area (Å²) in [6.07, 6.45) is 0.557. The molecule has 3 N–H and O–H groups in total. The van der Waals surface area contributed by atoms with E-state index in [0.29, 0.717) is 32.0 Å². The fourth-order valence-corrected chi connectivity index (χ4v) is 1.57. The molecule has 0 heterocycles. The zero-order valence-electron chi connectivity index (χ0n) is 12.2. The number of para-hydroxylation sites is 1. The van der Waals surface area contributed by atoms with Crippen LogP contribution < -0.4 is 15.4 Å². The van der Waals surface area contributed by atoms with Crippen LogP contribution in [0, 0.1) is 5.92 Å². The first-order valence-electron chi connectivity index (χ1n) is 6.96. The van der Waals surface area contributed by atoms with Crippen LogP contribution in [-0.2, 0) is 6.54 Å². The summed E-state index contributed by atoms with van der Waals surface area (Å²) in [7, 11) is 0. The van der Waals surface area contributed by atoms with E-state index in [1.165, 1.54) is 0 Å². The number of benzene rings is 1. The maximum atomic E-state index is 11.5. The topological polar surface area (TPSA) is 70.6 Å². The molecule has 0 aliphatic rings. The van der Waals surface area contributed by atoms with Crippen LogP contribution in [0.4, 0.5) is 4.79 Å². The Balaban J connectivity index is 2.44. The van der Waals surface area contributed by atoms with E-state index in [0.717, 1.165) is 11.3 Å². The van der Waals surface area contributed by atoms with E-state index in [-0.39, 0.29) is 12.6 Å². The molecular formula is C15H24N2O3. The van der Waals surface area contributed by atoms with Gasteiger partial charge in [-0.3, -0.25) is 0 Å². The summed E-state index contributed by atoms with van der Waals surface area (Å²) in [5.41, 5.74) is 0.949. The fraction of sp³-hybridized carbons (Fsp3) is 0.533. The Hall–Kier alpha value is -1.75. The molecule has 0 radical (unpaired) electrons. The Kier molecular flexibility index (Phi) is 7.50. The smallest absolute Gasteiger partial charge is 0.315 e. The van der Waals surface area contributed by atoms with Gasteiger partial charge in [0.1, 0.15) is 5.75 Å². The van der Waals surface area contributed by atoms with Crippen molar-refractivity contribution in [1.82, 2.24) is 10.6 Å². The third-order valence-electron chi connectivity index (χ3n) is 2.60. The summed E-state index contributed by atoms with van der Waals surface area (Å²) >= 11 is 0. The summed E-state index contributed by atoms with van der Waals surface area (Å²) in [5.74, 6) is 1.26. The molecule has 0 fully saturated rings. The van der Waals surface area contributed by atoms with Crippen LogP contribution in [0.2, 0.25) is 0 Å². The number of aliphatic hydroxyl groups is 1. The van der Waals surface area contributed by atoms with E-state index in [2.05, 4.69) is 24.5 Å². The van der Waals surface area contributed by atoms with Gasteiger partial charge in [-0.05, 0) is 18.4 Å². The number of hydrogen-bond donors (Lipinski definition) is 3. The lowest BCUT2D eigenvalue weighted by atomic mass is 10.2. The number of urea groups is 1. The molecule has 1 aromatic rings. The van der Waals surface area contributed by atoms with Crippen molar-refractivity contribution in [2.24, 2.45) is 5.92 Å². The molecule has 112 valence electrons. The minimum absolute atomic E-state index is 0.0756. The highest BCUT2D eigenvalue weighted by molar-refractivity contribution is 5.73. The second-order valence-electron chi connectivity index (χ2n) is 5.00. The molecule has 0 bridgehead atoms. The molecule has 5 nitrogen and oxygen atoms in total. The van der Waals surface area contributed by atoms with Crippen molar-refractivity contribution >= 4 is 6.03 Å². The van der Waals surface area contributed by atoms with Crippen LogP contribution in [0.25, 0.3) is 0 Å². The van der Waals surface area contributed by atoms with E-state index in [1.54, 1.807) is 0 Å². The summed E-state index contributed by atoms with van der Waals surface area (Å²) in [6.45, 7) is 5.80. The molecule has 0 aliphatic heterocycles. The molecule has 5 heteroatoms. The van der Waals surface area contributed by atoms with Crippen LogP contribution in [0.1, 0.15) is 25.8 Å². The quantitative estimate of drug-likeness (QED) is 0.637. The molecule has 0 saturated heterocycles. The third-order valence-corrected chi connectivity index (χ3v) is 2.60. The number of rotatable bonds is 8. The molecule has 0 atom stereocenters. The van der Waals surface area contributed by atoms with Crippen LogP contribution in [0.5, 0.6) is 5.75 Å². The number of nitrogens with one attached hydrogen (secondary N) is 2. The predicted octanol–water partition coefficient (Wildman–Crippen LogP) is 1.90. The molecule has 0 aliphatic carbocycles. The van der Waals surface area contributed by atoms with Gasteiger partial charge in [-0.2, -0.15) is 0 Å². The summed E-state index contributed by atoms with van der Waals surface area (Å²) in [4.78, 5) is 11.5. The molecule has 1 rings (SSSR count). The molecule has 0 spiro atoms. The Bertz CT molecular complexity index is 408.